The third-order valence-electron chi connectivity index (χ3n) is 5.36. The van der Waals surface area contributed by atoms with Crippen LogP contribution in [0.2, 0.25) is 0 Å². The van der Waals surface area contributed by atoms with E-state index < -0.39 is 0 Å². The van der Waals surface area contributed by atoms with Gasteiger partial charge in [-0.2, -0.15) is 5.10 Å². The minimum Gasteiger partial charge on any atom is -0.455 e. The monoisotopic (exact) mass is 405 g/mol. The lowest BCUT2D eigenvalue weighted by Gasteiger charge is -2.46. The van der Waals surface area contributed by atoms with Crippen LogP contribution in [-0.4, -0.2) is 33.9 Å². The van der Waals surface area contributed by atoms with Crippen molar-refractivity contribution in [3.8, 4) is 0 Å². The quantitative estimate of drug-likeness (QED) is 0.455. The number of thiocarbonyl (C=S) groups is 1. The summed E-state index contributed by atoms with van der Waals surface area (Å²) in [5.41, 5.74) is 10.6. The number of aryl methyl sites for hydroxylation is 1. The zero-order chi connectivity index (χ0) is 20.7. The number of hydrazone groups is 1. The molecule has 2 heterocycles. The van der Waals surface area contributed by atoms with Gasteiger partial charge in [0, 0.05) is 34.7 Å². The van der Waals surface area contributed by atoms with Gasteiger partial charge in [-0.05, 0) is 72.5 Å². The summed E-state index contributed by atoms with van der Waals surface area (Å²) in [7, 11) is 0. The van der Waals surface area contributed by atoms with Crippen LogP contribution in [0, 0.1) is 6.92 Å². The molecular weight excluding hydrogens is 374 g/mol. The van der Waals surface area contributed by atoms with Crippen molar-refractivity contribution in [1.82, 2.24) is 16.1 Å². The SMILES string of the molecule is Cc1c(C(=O)NC2CC(C)(C)NC(C)(C)C2)oc2c1/C(=N/NC(N)=S)CCC2. The van der Waals surface area contributed by atoms with Crippen LogP contribution in [0.15, 0.2) is 9.52 Å². The van der Waals surface area contributed by atoms with Gasteiger partial charge in [0.2, 0.25) is 0 Å². The molecular formula is C20H31N5O2S. The molecule has 1 saturated heterocycles. The lowest BCUT2D eigenvalue weighted by molar-refractivity contribution is 0.0843. The first-order valence-corrected chi connectivity index (χ1v) is 10.2. The molecule has 8 heteroatoms. The molecule has 1 aliphatic carbocycles. The van der Waals surface area contributed by atoms with E-state index in [1.54, 1.807) is 0 Å². The Labute approximate surface area is 171 Å². The van der Waals surface area contributed by atoms with E-state index in [2.05, 4.69) is 48.9 Å². The number of hydrogen-bond donors (Lipinski definition) is 4. The highest BCUT2D eigenvalue weighted by molar-refractivity contribution is 7.80. The molecule has 7 nitrogen and oxygen atoms in total. The first kappa shape index (κ1) is 20.8. The molecule has 28 heavy (non-hydrogen) atoms. The maximum Gasteiger partial charge on any atom is 0.287 e. The second-order valence-electron chi connectivity index (χ2n) is 9.21. The molecule has 0 spiro atoms. The smallest absolute Gasteiger partial charge is 0.287 e. The molecule has 154 valence electrons. The average Bonchev–Trinajstić information content (AvgIpc) is 2.87. The Balaban J connectivity index is 1.82. The number of nitrogens with zero attached hydrogens (tertiary/aromatic N) is 1. The van der Waals surface area contributed by atoms with Gasteiger partial charge in [-0.3, -0.25) is 10.2 Å². The highest BCUT2D eigenvalue weighted by atomic mass is 32.1. The van der Waals surface area contributed by atoms with Crippen molar-refractivity contribution in [2.75, 3.05) is 0 Å². The summed E-state index contributed by atoms with van der Waals surface area (Å²) >= 11 is 4.84. The molecule has 1 aromatic rings. The highest BCUT2D eigenvalue weighted by Gasteiger charge is 2.39. The molecule has 3 rings (SSSR count). The topological polar surface area (TPSA) is 105 Å². The molecule has 0 aromatic carbocycles. The van der Waals surface area contributed by atoms with Crippen LogP contribution in [-0.2, 0) is 6.42 Å². The molecule has 0 atom stereocenters. The molecule has 0 bridgehead atoms. The highest BCUT2D eigenvalue weighted by Crippen LogP contribution is 2.31. The lowest BCUT2D eigenvalue weighted by atomic mass is 9.79. The molecule has 1 fully saturated rings. The van der Waals surface area contributed by atoms with E-state index in [0.29, 0.717) is 5.76 Å². The van der Waals surface area contributed by atoms with Crippen LogP contribution >= 0.6 is 12.2 Å². The van der Waals surface area contributed by atoms with Crippen molar-refractivity contribution in [2.45, 2.75) is 83.8 Å². The number of hydrogen-bond acceptors (Lipinski definition) is 5. The van der Waals surface area contributed by atoms with E-state index in [0.717, 1.165) is 54.7 Å². The third-order valence-corrected chi connectivity index (χ3v) is 5.45. The summed E-state index contributed by atoms with van der Waals surface area (Å²) in [6.45, 7) is 10.6. The van der Waals surface area contributed by atoms with E-state index in [-0.39, 0.29) is 28.1 Å². The molecule has 1 aromatic heterocycles. The zero-order valence-corrected chi connectivity index (χ0v) is 18.2. The van der Waals surface area contributed by atoms with Crippen LogP contribution in [0.1, 0.15) is 80.8 Å². The summed E-state index contributed by atoms with van der Waals surface area (Å²) in [5, 5.41) is 11.3. The fourth-order valence-corrected chi connectivity index (χ4v) is 4.84. The fourth-order valence-electron chi connectivity index (χ4n) is 4.79. The summed E-state index contributed by atoms with van der Waals surface area (Å²) in [6.07, 6.45) is 4.23. The Morgan fingerprint density at radius 3 is 2.50 bits per heavy atom. The van der Waals surface area contributed by atoms with E-state index in [9.17, 15) is 4.79 Å². The van der Waals surface area contributed by atoms with Gasteiger partial charge < -0.3 is 20.8 Å². The standard InChI is InChI=1S/C20H31N5O2S/c1-11-15-13(23-24-18(21)28)7-6-8-14(15)27-16(11)17(26)22-12-9-19(2,3)25-20(4,5)10-12/h12,25H,6-10H2,1-5H3,(H,22,26)(H3,21,24,28)/b23-13+. The Morgan fingerprint density at radius 1 is 1.25 bits per heavy atom. The fraction of sp³-hybridized carbons (Fsp3) is 0.650. The van der Waals surface area contributed by atoms with Crippen LogP contribution in [0.3, 0.4) is 0 Å². The van der Waals surface area contributed by atoms with Crippen LogP contribution in [0.4, 0.5) is 0 Å². The molecule has 2 aliphatic rings. The van der Waals surface area contributed by atoms with Gasteiger partial charge in [0.05, 0.1) is 5.71 Å². The van der Waals surface area contributed by atoms with Crippen molar-refractivity contribution >= 4 is 28.9 Å². The Morgan fingerprint density at radius 2 is 1.89 bits per heavy atom. The largest absolute Gasteiger partial charge is 0.455 e. The number of amides is 1. The van der Waals surface area contributed by atoms with Gasteiger partial charge in [-0.15, -0.1) is 0 Å². The number of furan rings is 1. The van der Waals surface area contributed by atoms with E-state index >= 15 is 0 Å². The van der Waals surface area contributed by atoms with Gasteiger partial charge >= 0.3 is 0 Å². The molecule has 0 radical (unpaired) electrons. The average molecular weight is 406 g/mol. The predicted molar refractivity (Wildman–Crippen MR) is 115 cm³/mol. The summed E-state index contributed by atoms with van der Waals surface area (Å²) < 4.78 is 5.98. The molecule has 5 N–H and O–H groups in total. The minimum atomic E-state index is -0.160. The first-order valence-electron chi connectivity index (χ1n) is 9.82. The predicted octanol–water partition coefficient (Wildman–Crippen LogP) is 2.50. The maximum atomic E-state index is 13.0. The summed E-state index contributed by atoms with van der Waals surface area (Å²) in [6, 6.07) is 0.0877. The van der Waals surface area contributed by atoms with Crippen LogP contribution < -0.4 is 21.8 Å². The van der Waals surface area contributed by atoms with Crippen molar-refractivity contribution in [1.29, 1.82) is 0 Å². The van der Waals surface area contributed by atoms with Crippen molar-refractivity contribution in [3.05, 3.63) is 22.6 Å². The van der Waals surface area contributed by atoms with Gasteiger partial charge in [-0.25, -0.2) is 0 Å². The van der Waals surface area contributed by atoms with Gasteiger partial charge in [-0.1, -0.05) is 0 Å². The number of piperidine rings is 1. The second-order valence-corrected chi connectivity index (χ2v) is 9.65. The molecule has 1 aliphatic heterocycles. The van der Waals surface area contributed by atoms with Gasteiger partial charge in [0.15, 0.2) is 10.9 Å². The number of fused-ring (bicyclic) bond motifs is 1. The number of rotatable bonds is 3. The van der Waals surface area contributed by atoms with Crippen LogP contribution in [0.5, 0.6) is 0 Å². The normalized spacial score (nSPS) is 22.5. The molecule has 1 amide bonds. The third kappa shape index (κ3) is 4.55. The Kier molecular flexibility index (Phi) is 5.55. The maximum absolute atomic E-state index is 13.0. The van der Waals surface area contributed by atoms with E-state index in [1.165, 1.54) is 0 Å². The number of nitrogens with one attached hydrogen (secondary N) is 3. The number of nitrogens with two attached hydrogens (primary N) is 1. The van der Waals surface area contributed by atoms with Crippen LogP contribution in [0.25, 0.3) is 0 Å². The first-order chi connectivity index (χ1) is 13.0. The molecule has 0 unspecified atom stereocenters. The van der Waals surface area contributed by atoms with Crippen molar-refractivity contribution in [3.63, 3.8) is 0 Å². The van der Waals surface area contributed by atoms with Gasteiger partial charge in [0.1, 0.15) is 5.76 Å². The Bertz CT molecular complexity index is 809. The summed E-state index contributed by atoms with van der Waals surface area (Å²) in [5.74, 6) is 1.03. The second kappa shape index (κ2) is 7.48. The van der Waals surface area contributed by atoms with E-state index in [4.69, 9.17) is 22.4 Å². The molecule has 0 saturated carbocycles. The number of carbonyl (C=O) groups excluding carboxylic acids is 1. The van der Waals surface area contributed by atoms with E-state index in [1.807, 2.05) is 6.92 Å². The zero-order valence-electron chi connectivity index (χ0n) is 17.4. The number of carbonyl (C=O) groups is 1. The van der Waals surface area contributed by atoms with Crippen molar-refractivity contribution in [2.24, 2.45) is 10.8 Å². The Hall–Kier alpha value is -1.93. The van der Waals surface area contributed by atoms with Gasteiger partial charge in [0.25, 0.3) is 5.91 Å². The van der Waals surface area contributed by atoms with Crippen molar-refractivity contribution < 1.29 is 9.21 Å². The minimum absolute atomic E-state index is 0.0384. The summed E-state index contributed by atoms with van der Waals surface area (Å²) in [4.78, 5) is 13.0. The lowest BCUT2D eigenvalue weighted by Crippen LogP contribution is -2.62.